The number of nitrogens with one attached hydrogen (secondary N) is 1. The molecule has 3 heterocycles. The number of nitriles is 1. The highest BCUT2D eigenvalue weighted by Crippen LogP contribution is 2.38. The summed E-state index contributed by atoms with van der Waals surface area (Å²) in [6.07, 6.45) is 5.66. The second kappa shape index (κ2) is 8.67. The summed E-state index contributed by atoms with van der Waals surface area (Å²) in [7, 11) is 0. The number of barbiturate groups is 1. The number of aryl methyl sites for hydroxylation is 3. The lowest BCUT2D eigenvalue weighted by Gasteiger charge is -2.26. The highest BCUT2D eigenvalue weighted by Gasteiger charge is 2.37. The number of imide groups is 2. The van der Waals surface area contributed by atoms with Gasteiger partial charge in [0.25, 0.3) is 11.8 Å². The number of hydrogen-bond acceptors (Lipinski definition) is 5. The van der Waals surface area contributed by atoms with Crippen molar-refractivity contribution in [2.75, 3.05) is 4.90 Å². The Kier molecular flexibility index (Phi) is 5.65. The molecule has 0 unspecified atom stereocenters. The Hall–Kier alpha value is -3.96. The Morgan fingerprint density at radius 2 is 1.77 bits per heavy atom. The van der Waals surface area contributed by atoms with Gasteiger partial charge in [0.05, 0.1) is 11.3 Å². The van der Waals surface area contributed by atoms with Crippen LogP contribution in [0.3, 0.4) is 0 Å². The zero-order valence-corrected chi connectivity index (χ0v) is 20.6. The van der Waals surface area contributed by atoms with E-state index in [1.807, 2.05) is 31.4 Å². The number of thiophene rings is 1. The van der Waals surface area contributed by atoms with Crippen LogP contribution in [0, 0.1) is 32.1 Å². The molecule has 1 aromatic carbocycles. The molecule has 0 atom stereocenters. The molecule has 8 heteroatoms. The summed E-state index contributed by atoms with van der Waals surface area (Å²) in [6.45, 7) is 5.77. The summed E-state index contributed by atoms with van der Waals surface area (Å²) < 4.78 is 2.03. The van der Waals surface area contributed by atoms with Crippen molar-refractivity contribution in [3.63, 3.8) is 0 Å². The number of rotatable bonds is 3. The molecule has 2 aromatic heterocycles. The molecule has 3 aromatic rings. The second-order valence-electron chi connectivity index (χ2n) is 8.96. The number of fused-ring (bicyclic) bond motifs is 1. The van der Waals surface area contributed by atoms with Crippen molar-refractivity contribution in [2.45, 2.75) is 46.5 Å². The van der Waals surface area contributed by atoms with Gasteiger partial charge in [-0.1, -0.05) is 17.7 Å². The molecule has 0 spiro atoms. The van der Waals surface area contributed by atoms with E-state index in [2.05, 4.69) is 11.4 Å². The average molecular weight is 485 g/mol. The van der Waals surface area contributed by atoms with Crippen molar-refractivity contribution in [2.24, 2.45) is 0 Å². The molecule has 35 heavy (non-hydrogen) atoms. The van der Waals surface area contributed by atoms with E-state index in [1.165, 1.54) is 11.0 Å². The Morgan fingerprint density at radius 3 is 2.49 bits per heavy atom. The van der Waals surface area contributed by atoms with E-state index in [4.69, 9.17) is 0 Å². The molecule has 5 rings (SSSR count). The van der Waals surface area contributed by atoms with E-state index in [1.54, 1.807) is 35.6 Å². The van der Waals surface area contributed by atoms with E-state index in [0.29, 0.717) is 16.8 Å². The smallest absolute Gasteiger partial charge is 0.308 e. The van der Waals surface area contributed by atoms with Crippen LogP contribution in [0.1, 0.15) is 51.4 Å². The van der Waals surface area contributed by atoms with E-state index >= 15 is 0 Å². The number of nitrogens with zero attached hydrogens (tertiary/aromatic N) is 3. The quantitative estimate of drug-likeness (QED) is 0.423. The minimum Gasteiger partial charge on any atom is -0.308 e. The van der Waals surface area contributed by atoms with Crippen molar-refractivity contribution in [3.05, 3.63) is 74.4 Å². The number of anilines is 1. The zero-order valence-electron chi connectivity index (χ0n) is 19.8. The largest absolute Gasteiger partial charge is 0.335 e. The summed E-state index contributed by atoms with van der Waals surface area (Å²) in [5, 5.41) is 13.1. The van der Waals surface area contributed by atoms with Crippen LogP contribution in [0.5, 0.6) is 0 Å². The van der Waals surface area contributed by atoms with Crippen molar-refractivity contribution in [3.8, 4) is 11.1 Å². The van der Waals surface area contributed by atoms with Gasteiger partial charge in [-0.05, 0) is 81.9 Å². The first-order valence-corrected chi connectivity index (χ1v) is 12.3. The van der Waals surface area contributed by atoms with Gasteiger partial charge in [0.15, 0.2) is 0 Å². The Labute approximate surface area is 207 Å². The second-order valence-corrected chi connectivity index (χ2v) is 10.0. The standard InChI is InChI=1S/C27H24N4O3S/c1-15-8-10-19(11-9-15)31-25(33)21(24(32)29-27(31)34)13-18-12-16(2)30(17(18)3)26-22(14-28)20-6-4-5-7-23(20)35-26/h8-13H,4-7H2,1-3H3,(H,29,32,34). The zero-order chi connectivity index (χ0) is 24.9. The summed E-state index contributed by atoms with van der Waals surface area (Å²) in [5.74, 6) is -1.39. The lowest BCUT2D eigenvalue weighted by Crippen LogP contribution is -2.54. The number of carbonyl (C=O) groups is 3. The molecule has 0 saturated carbocycles. The third kappa shape index (κ3) is 3.78. The first-order valence-electron chi connectivity index (χ1n) is 11.5. The summed E-state index contributed by atoms with van der Waals surface area (Å²) in [4.78, 5) is 40.7. The number of urea groups is 1. The molecule has 176 valence electrons. The van der Waals surface area contributed by atoms with Crippen LogP contribution >= 0.6 is 11.3 Å². The maximum absolute atomic E-state index is 13.3. The maximum atomic E-state index is 13.3. The van der Waals surface area contributed by atoms with Crippen molar-refractivity contribution >= 4 is 40.9 Å². The average Bonchev–Trinajstić information content (AvgIpc) is 3.33. The SMILES string of the molecule is Cc1ccc(N2C(=O)NC(=O)C(=Cc3cc(C)n(-c4sc5c(c4C#N)CCCC5)c3C)C2=O)cc1. The third-order valence-electron chi connectivity index (χ3n) is 6.63. The molecule has 1 aliphatic carbocycles. The molecule has 1 N–H and O–H groups in total. The number of hydrogen-bond donors (Lipinski definition) is 1. The van der Waals surface area contributed by atoms with Crippen LogP contribution in [0.15, 0.2) is 35.9 Å². The molecule has 1 saturated heterocycles. The predicted molar refractivity (Wildman–Crippen MR) is 135 cm³/mol. The molecule has 0 bridgehead atoms. The Bertz CT molecular complexity index is 1470. The molecular formula is C27H24N4O3S. The summed E-state index contributed by atoms with van der Waals surface area (Å²) in [5.41, 5.74) is 5.55. The van der Waals surface area contributed by atoms with Gasteiger partial charge in [-0.25, -0.2) is 9.69 Å². The van der Waals surface area contributed by atoms with E-state index in [-0.39, 0.29) is 5.57 Å². The number of benzene rings is 1. The van der Waals surface area contributed by atoms with Crippen molar-refractivity contribution in [1.82, 2.24) is 9.88 Å². The van der Waals surface area contributed by atoms with Crippen LogP contribution in [-0.2, 0) is 22.4 Å². The summed E-state index contributed by atoms with van der Waals surface area (Å²) in [6, 6.07) is 10.5. The first-order chi connectivity index (χ1) is 16.8. The topological polar surface area (TPSA) is 95.2 Å². The number of amides is 4. The van der Waals surface area contributed by atoms with Crippen molar-refractivity contribution in [1.29, 1.82) is 5.26 Å². The van der Waals surface area contributed by atoms with Gasteiger partial charge in [0.1, 0.15) is 16.6 Å². The van der Waals surface area contributed by atoms with Crippen LogP contribution in [0.4, 0.5) is 10.5 Å². The van der Waals surface area contributed by atoms with Crippen LogP contribution in [0.25, 0.3) is 11.1 Å². The minimum atomic E-state index is -0.769. The highest BCUT2D eigenvalue weighted by molar-refractivity contribution is 7.15. The van der Waals surface area contributed by atoms with Crippen LogP contribution in [0.2, 0.25) is 0 Å². The van der Waals surface area contributed by atoms with Gasteiger partial charge in [-0.3, -0.25) is 14.9 Å². The maximum Gasteiger partial charge on any atom is 0.335 e. The number of aromatic nitrogens is 1. The molecule has 2 aliphatic rings. The van der Waals surface area contributed by atoms with Gasteiger partial charge in [-0.2, -0.15) is 5.26 Å². The minimum absolute atomic E-state index is 0.114. The molecular weight excluding hydrogens is 460 g/mol. The fraction of sp³-hybridized carbons (Fsp3) is 0.259. The van der Waals surface area contributed by atoms with Gasteiger partial charge < -0.3 is 4.57 Å². The normalized spacial score (nSPS) is 16.9. The third-order valence-corrected chi connectivity index (χ3v) is 7.91. The number of carbonyl (C=O) groups excluding carboxylic acids is 3. The van der Waals surface area contributed by atoms with Gasteiger partial charge in [-0.15, -0.1) is 11.3 Å². The van der Waals surface area contributed by atoms with Crippen LogP contribution in [-0.4, -0.2) is 22.4 Å². The van der Waals surface area contributed by atoms with Gasteiger partial charge in [0.2, 0.25) is 0 Å². The lowest BCUT2D eigenvalue weighted by molar-refractivity contribution is -0.122. The van der Waals surface area contributed by atoms with Gasteiger partial charge in [0, 0.05) is 16.3 Å². The lowest BCUT2D eigenvalue weighted by atomic mass is 9.96. The Balaban J connectivity index is 1.57. The molecule has 4 amide bonds. The van der Waals surface area contributed by atoms with E-state index in [9.17, 15) is 19.6 Å². The summed E-state index contributed by atoms with van der Waals surface area (Å²) >= 11 is 1.65. The predicted octanol–water partition coefficient (Wildman–Crippen LogP) is 4.88. The fourth-order valence-electron chi connectivity index (χ4n) is 4.81. The monoisotopic (exact) mass is 484 g/mol. The molecule has 0 radical (unpaired) electrons. The van der Waals surface area contributed by atoms with E-state index < -0.39 is 17.8 Å². The Morgan fingerprint density at radius 1 is 1.06 bits per heavy atom. The molecule has 7 nitrogen and oxygen atoms in total. The fourth-order valence-corrected chi connectivity index (χ4v) is 6.26. The van der Waals surface area contributed by atoms with Crippen LogP contribution < -0.4 is 10.2 Å². The van der Waals surface area contributed by atoms with Crippen molar-refractivity contribution < 1.29 is 14.4 Å². The van der Waals surface area contributed by atoms with E-state index in [0.717, 1.165) is 58.1 Å². The molecule has 1 fully saturated rings. The first kappa shape index (κ1) is 22.8. The molecule has 1 aliphatic heterocycles. The highest BCUT2D eigenvalue weighted by atomic mass is 32.1. The van der Waals surface area contributed by atoms with Gasteiger partial charge >= 0.3 is 6.03 Å².